The highest BCUT2D eigenvalue weighted by Gasteiger charge is 2.30. The van der Waals surface area contributed by atoms with E-state index < -0.39 is 0 Å². The fourth-order valence-corrected chi connectivity index (χ4v) is 4.49. The molecule has 3 rings (SSSR count). The number of nitrogens with zero attached hydrogens (tertiary/aromatic N) is 2. The van der Waals surface area contributed by atoms with Gasteiger partial charge in [-0.3, -0.25) is 9.59 Å². The fraction of sp³-hybridized carbons (Fsp3) is 0.500. The van der Waals surface area contributed by atoms with E-state index in [1.807, 2.05) is 65.3 Å². The summed E-state index contributed by atoms with van der Waals surface area (Å²) in [6.45, 7) is 8.59. The number of carbonyl (C=O) groups is 2. The first kappa shape index (κ1) is 25.6. The van der Waals surface area contributed by atoms with Crippen molar-refractivity contribution in [2.24, 2.45) is 5.92 Å². The third kappa shape index (κ3) is 6.10. The number of amides is 2. The number of para-hydroxylation sites is 2. The van der Waals surface area contributed by atoms with Gasteiger partial charge in [-0.05, 0) is 49.9 Å². The minimum absolute atomic E-state index is 0.00166. The molecule has 1 atom stereocenters. The van der Waals surface area contributed by atoms with E-state index in [2.05, 4.69) is 13.8 Å². The van der Waals surface area contributed by atoms with E-state index in [0.717, 1.165) is 32.2 Å². The molecular formula is C28H38N2O4. The third-order valence-electron chi connectivity index (χ3n) is 6.54. The third-order valence-corrected chi connectivity index (χ3v) is 6.54. The molecule has 0 spiro atoms. The van der Waals surface area contributed by atoms with Crippen LogP contribution in [0, 0.1) is 5.92 Å². The van der Waals surface area contributed by atoms with Gasteiger partial charge in [0.2, 0.25) is 0 Å². The van der Waals surface area contributed by atoms with Crippen molar-refractivity contribution in [3.63, 3.8) is 0 Å². The van der Waals surface area contributed by atoms with Crippen molar-refractivity contribution in [1.82, 2.24) is 9.80 Å². The second kappa shape index (κ2) is 12.4. The first-order chi connectivity index (χ1) is 16.5. The van der Waals surface area contributed by atoms with Crippen LogP contribution in [0.4, 0.5) is 0 Å². The molecule has 0 bridgehead atoms. The normalized spacial score (nSPS) is 18.1. The molecule has 184 valence electrons. The minimum Gasteiger partial charge on any atom is -0.496 e. The van der Waals surface area contributed by atoms with Gasteiger partial charge in [0, 0.05) is 19.6 Å². The summed E-state index contributed by atoms with van der Waals surface area (Å²) < 4.78 is 11.7. The summed E-state index contributed by atoms with van der Waals surface area (Å²) in [7, 11) is 1.59. The molecule has 0 aliphatic carbocycles. The molecule has 0 aromatic heterocycles. The summed E-state index contributed by atoms with van der Waals surface area (Å²) in [6.07, 6.45) is 3.87. The molecule has 2 aromatic carbocycles. The summed E-state index contributed by atoms with van der Waals surface area (Å²) in [5.41, 5.74) is 1.14. The fourth-order valence-electron chi connectivity index (χ4n) is 4.49. The molecule has 6 nitrogen and oxygen atoms in total. The molecule has 1 aliphatic rings. The lowest BCUT2D eigenvalue weighted by Gasteiger charge is -2.35. The summed E-state index contributed by atoms with van der Waals surface area (Å²) in [4.78, 5) is 30.8. The first-order valence-corrected chi connectivity index (χ1v) is 12.4. The Labute approximate surface area is 203 Å². The van der Waals surface area contributed by atoms with Gasteiger partial charge in [0.15, 0.2) is 0 Å². The van der Waals surface area contributed by atoms with Gasteiger partial charge in [-0.25, -0.2) is 0 Å². The van der Waals surface area contributed by atoms with Crippen molar-refractivity contribution in [2.45, 2.75) is 52.5 Å². The summed E-state index contributed by atoms with van der Waals surface area (Å²) >= 11 is 0. The Bertz CT molecular complexity index is 959. The van der Waals surface area contributed by atoms with Crippen LogP contribution in [0.3, 0.4) is 0 Å². The van der Waals surface area contributed by atoms with Gasteiger partial charge in [-0.2, -0.15) is 0 Å². The van der Waals surface area contributed by atoms with Gasteiger partial charge in [-0.1, -0.05) is 51.0 Å². The summed E-state index contributed by atoms with van der Waals surface area (Å²) in [6, 6.07) is 14.6. The lowest BCUT2D eigenvalue weighted by atomic mass is 10.0. The molecule has 2 amide bonds. The van der Waals surface area contributed by atoms with Gasteiger partial charge >= 0.3 is 0 Å². The molecule has 0 fully saturated rings. The number of hydrogen-bond acceptors (Lipinski definition) is 4. The Hall–Kier alpha value is -3.02. The minimum atomic E-state index is -0.147. The lowest BCUT2D eigenvalue weighted by molar-refractivity contribution is 0.0518. The van der Waals surface area contributed by atoms with Gasteiger partial charge in [0.1, 0.15) is 18.1 Å². The molecule has 6 heteroatoms. The van der Waals surface area contributed by atoms with Crippen LogP contribution in [0.5, 0.6) is 11.5 Å². The highest BCUT2D eigenvalue weighted by Crippen LogP contribution is 2.26. The van der Waals surface area contributed by atoms with Crippen LogP contribution >= 0.6 is 0 Å². The predicted molar refractivity (Wildman–Crippen MR) is 135 cm³/mol. The average molecular weight is 467 g/mol. The van der Waals surface area contributed by atoms with Crippen LogP contribution in [0.25, 0.3) is 0 Å². The van der Waals surface area contributed by atoms with Crippen LogP contribution in [0.15, 0.2) is 48.5 Å². The Morgan fingerprint density at radius 3 is 2.41 bits per heavy atom. The number of ether oxygens (including phenoxy) is 2. The molecule has 0 saturated heterocycles. The smallest absolute Gasteiger partial charge is 0.257 e. The van der Waals surface area contributed by atoms with Crippen molar-refractivity contribution in [1.29, 1.82) is 0 Å². The van der Waals surface area contributed by atoms with Crippen molar-refractivity contribution >= 4 is 11.8 Å². The Balaban J connectivity index is 1.95. The second-order valence-electron chi connectivity index (χ2n) is 9.12. The number of hydrogen-bond donors (Lipinski definition) is 0. The molecule has 1 aliphatic heterocycles. The Morgan fingerprint density at radius 1 is 1.03 bits per heavy atom. The molecule has 34 heavy (non-hydrogen) atoms. The van der Waals surface area contributed by atoms with E-state index >= 15 is 0 Å². The van der Waals surface area contributed by atoms with Crippen LogP contribution in [0.2, 0.25) is 0 Å². The van der Waals surface area contributed by atoms with Crippen LogP contribution < -0.4 is 9.47 Å². The molecule has 1 heterocycles. The van der Waals surface area contributed by atoms with E-state index in [0.29, 0.717) is 42.3 Å². The SMILES string of the molecule is CCN1CCCCCCN(C(=O)c2ccccc2OC)[C@@H](C(C)C)COc2ccccc2C1=O. The maximum atomic E-state index is 13.7. The first-order valence-electron chi connectivity index (χ1n) is 12.4. The van der Waals surface area contributed by atoms with E-state index in [-0.39, 0.29) is 23.8 Å². The largest absolute Gasteiger partial charge is 0.496 e. The molecule has 0 N–H and O–H groups in total. The predicted octanol–water partition coefficient (Wildman–Crippen LogP) is 5.28. The monoisotopic (exact) mass is 466 g/mol. The quantitative estimate of drug-likeness (QED) is 0.615. The van der Waals surface area contributed by atoms with Gasteiger partial charge < -0.3 is 19.3 Å². The molecule has 0 radical (unpaired) electrons. The van der Waals surface area contributed by atoms with Crippen molar-refractivity contribution in [3.05, 3.63) is 59.7 Å². The molecular weight excluding hydrogens is 428 g/mol. The lowest BCUT2D eigenvalue weighted by Crippen LogP contribution is -2.47. The highest BCUT2D eigenvalue weighted by molar-refractivity contribution is 5.97. The maximum absolute atomic E-state index is 13.7. The number of rotatable bonds is 4. The molecule has 0 unspecified atom stereocenters. The van der Waals surface area contributed by atoms with Crippen LogP contribution in [0.1, 0.15) is 67.2 Å². The second-order valence-corrected chi connectivity index (χ2v) is 9.12. The number of carbonyl (C=O) groups excluding carboxylic acids is 2. The van der Waals surface area contributed by atoms with Gasteiger partial charge in [-0.15, -0.1) is 0 Å². The van der Waals surface area contributed by atoms with Crippen molar-refractivity contribution in [2.75, 3.05) is 33.4 Å². The Morgan fingerprint density at radius 2 is 1.71 bits per heavy atom. The van der Waals surface area contributed by atoms with Crippen molar-refractivity contribution in [3.8, 4) is 11.5 Å². The van der Waals surface area contributed by atoms with Crippen LogP contribution in [-0.4, -0.2) is 61.0 Å². The van der Waals surface area contributed by atoms with E-state index in [4.69, 9.17) is 9.47 Å². The maximum Gasteiger partial charge on any atom is 0.257 e. The standard InChI is InChI=1S/C28H38N2O4/c1-5-29-18-12-6-7-13-19-30(28(32)22-14-8-10-16-25(22)33-4)24(21(2)3)20-34-26-17-11-9-15-23(26)27(29)31/h8-11,14-17,21,24H,5-7,12-13,18-20H2,1-4H3/t24-/m1/s1. The van der Waals surface area contributed by atoms with Gasteiger partial charge in [0.25, 0.3) is 11.8 Å². The number of benzene rings is 2. The molecule has 0 saturated carbocycles. The van der Waals surface area contributed by atoms with E-state index in [1.165, 1.54) is 0 Å². The van der Waals surface area contributed by atoms with Crippen molar-refractivity contribution < 1.29 is 19.1 Å². The van der Waals surface area contributed by atoms with Gasteiger partial charge in [0.05, 0.1) is 24.3 Å². The number of fused-ring (bicyclic) bond motifs is 1. The average Bonchev–Trinajstić information content (AvgIpc) is 2.86. The van der Waals surface area contributed by atoms with E-state index in [9.17, 15) is 9.59 Å². The summed E-state index contributed by atoms with van der Waals surface area (Å²) in [5, 5.41) is 0. The van der Waals surface area contributed by atoms with Crippen LogP contribution in [-0.2, 0) is 0 Å². The zero-order valence-corrected chi connectivity index (χ0v) is 21.0. The number of methoxy groups -OCH3 is 1. The zero-order chi connectivity index (χ0) is 24.5. The van der Waals surface area contributed by atoms with E-state index in [1.54, 1.807) is 7.11 Å². The zero-order valence-electron chi connectivity index (χ0n) is 21.0. The highest BCUT2D eigenvalue weighted by atomic mass is 16.5. The topological polar surface area (TPSA) is 59.1 Å². The summed E-state index contributed by atoms with van der Waals surface area (Å²) in [5.74, 6) is 1.26. The molecule has 2 aromatic rings. The Kier molecular flexibility index (Phi) is 9.37.